The number of benzene rings is 1. The van der Waals surface area contributed by atoms with Gasteiger partial charge in [0, 0.05) is 12.0 Å². The lowest BCUT2D eigenvalue weighted by atomic mass is 10.0. The summed E-state index contributed by atoms with van der Waals surface area (Å²) < 4.78 is 11.9. The molecule has 0 saturated heterocycles. The van der Waals surface area contributed by atoms with Gasteiger partial charge in [0.05, 0.1) is 6.61 Å². The van der Waals surface area contributed by atoms with E-state index in [2.05, 4.69) is 45.1 Å². The first-order valence-corrected chi connectivity index (χ1v) is 8.12. The quantitative estimate of drug-likeness (QED) is 0.739. The largest absolute Gasteiger partial charge is 0.490 e. The van der Waals surface area contributed by atoms with Crippen molar-refractivity contribution in [1.82, 2.24) is 5.32 Å². The van der Waals surface area contributed by atoms with Crippen LogP contribution in [0.25, 0.3) is 0 Å². The first kappa shape index (κ1) is 16.2. The second-order valence-corrected chi connectivity index (χ2v) is 6.94. The van der Waals surface area contributed by atoms with Gasteiger partial charge in [-0.3, -0.25) is 0 Å². The molecule has 3 nitrogen and oxygen atoms in total. The molecule has 0 fully saturated rings. The third-order valence-electron chi connectivity index (χ3n) is 3.61. The topological polar surface area (TPSA) is 30.5 Å². The third-order valence-corrected chi connectivity index (χ3v) is 3.61. The highest BCUT2D eigenvalue weighted by Crippen LogP contribution is 2.41. The van der Waals surface area contributed by atoms with Gasteiger partial charge in [-0.2, -0.15) is 0 Å². The molecule has 0 bridgehead atoms. The molecule has 0 atom stereocenters. The molecule has 1 aromatic carbocycles. The average molecular weight is 291 g/mol. The summed E-state index contributed by atoms with van der Waals surface area (Å²) in [6.07, 6.45) is 3.17. The van der Waals surface area contributed by atoms with E-state index in [4.69, 9.17) is 9.47 Å². The van der Waals surface area contributed by atoms with Crippen molar-refractivity contribution in [3.63, 3.8) is 0 Å². The number of hydrogen-bond acceptors (Lipinski definition) is 3. The highest BCUT2D eigenvalue weighted by atomic mass is 16.5. The van der Waals surface area contributed by atoms with Crippen molar-refractivity contribution in [2.45, 2.75) is 52.6 Å². The molecule has 3 heteroatoms. The van der Waals surface area contributed by atoms with E-state index in [0.717, 1.165) is 50.5 Å². The summed E-state index contributed by atoms with van der Waals surface area (Å²) in [5.74, 6) is 2.56. The zero-order valence-electron chi connectivity index (χ0n) is 13.9. The molecule has 21 heavy (non-hydrogen) atoms. The van der Waals surface area contributed by atoms with Crippen LogP contribution in [0.15, 0.2) is 18.2 Å². The fraction of sp³-hybridized carbons (Fsp3) is 0.667. The molecule has 0 aliphatic carbocycles. The van der Waals surface area contributed by atoms with Gasteiger partial charge >= 0.3 is 0 Å². The van der Waals surface area contributed by atoms with Gasteiger partial charge in [0.1, 0.15) is 5.60 Å². The molecule has 0 aromatic heterocycles. The average Bonchev–Trinajstić information content (AvgIpc) is 2.72. The Morgan fingerprint density at radius 3 is 2.86 bits per heavy atom. The molecule has 1 N–H and O–H groups in total. The molecule has 1 aliphatic rings. The fourth-order valence-electron chi connectivity index (χ4n) is 2.63. The standard InChI is InChI=1S/C18H29NO2/c1-14(2)13-19-10-5-6-11-20-16-9-7-8-15-12-18(3,4)21-17(15)16/h7-9,14,19H,5-6,10-13H2,1-4H3. The lowest BCUT2D eigenvalue weighted by Crippen LogP contribution is -2.24. The molecule has 0 radical (unpaired) electrons. The smallest absolute Gasteiger partial charge is 0.165 e. The molecule has 1 aromatic rings. The number of ether oxygens (including phenoxy) is 2. The van der Waals surface area contributed by atoms with E-state index in [1.165, 1.54) is 5.56 Å². The Hall–Kier alpha value is -1.22. The van der Waals surface area contributed by atoms with Crippen LogP contribution in [0.1, 0.15) is 46.1 Å². The van der Waals surface area contributed by atoms with Crippen molar-refractivity contribution >= 4 is 0 Å². The zero-order valence-corrected chi connectivity index (χ0v) is 13.9. The highest BCUT2D eigenvalue weighted by molar-refractivity contribution is 5.50. The lowest BCUT2D eigenvalue weighted by molar-refractivity contribution is 0.132. The van der Waals surface area contributed by atoms with Gasteiger partial charge in [-0.1, -0.05) is 26.0 Å². The summed E-state index contributed by atoms with van der Waals surface area (Å²) in [5, 5.41) is 3.46. The second-order valence-electron chi connectivity index (χ2n) is 6.94. The Labute approximate surface area is 129 Å². The van der Waals surface area contributed by atoms with Crippen molar-refractivity contribution < 1.29 is 9.47 Å². The summed E-state index contributed by atoms with van der Waals surface area (Å²) in [4.78, 5) is 0. The molecular formula is C18H29NO2. The van der Waals surface area contributed by atoms with Crippen molar-refractivity contribution in [2.75, 3.05) is 19.7 Å². The van der Waals surface area contributed by atoms with Gasteiger partial charge in [0.25, 0.3) is 0 Å². The maximum absolute atomic E-state index is 6.01. The SMILES string of the molecule is CC(C)CNCCCCOc1cccc2c1OC(C)(C)C2. The minimum absolute atomic E-state index is 0.109. The normalized spacial score (nSPS) is 15.9. The van der Waals surface area contributed by atoms with E-state index >= 15 is 0 Å². The molecule has 0 saturated carbocycles. The summed E-state index contributed by atoms with van der Waals surface area (Å²) in [6.45, 7) is 11.6. The monoisotopic (exact) mass is 291 g/mol. The Morgan fingerprint density at radius 1 is 1.29 bits per heavy atom. The second kappa shape index (κ2) is 7.17. The first-order chi connectivity index (χ1) is 9.98. The lowest BCUT2D eigenvalue weighted by Gasteiger charge is -2.18. The maximum atomic E-state index is 6.01. The Bertz CT molecular complexity index is 455. The molecular weight excluding hydrogens is 262 g/mol. The number of nitrogens with one attached hydrogen (secondary N) is 1. The number of unbranched alkanes of at least 4 members (excludes halogenated alkanes) is 1. The highest BCUT2D eigenvalue weighted by Gasteiger charge is 2.32. The molecule has 0 spiro atoms. The fourth-order valence-corrected chi connectivity index (χ4v) is 2.63. The van der Waals surface area contributed by atoms with Gasteiger partial charge in [-0.15, -0.1) is 0 Å². The first-order valence-electron chi connectivity index (χ1n) is 8.12. The van der Waals surface area contributed by atoms with Crippen LogP contribution in [0.3, 0.4) is 0 Å². The summed E-state index contributed by atoms with van der Waals surface area (Å²) in [5.41, 5.74) is 1.15. The van der Waals surface area contributed by atoms with E-state index in [1.54, 1.807) is 0 Å². The Morgan fingerprint density at radius 2 is 2.10 bits per heavy atom. The van der Waals surface area contributed by atoms with Gasteiger partial charge in [0.2, 0.25) is 0 Å². The summed E-state index contributed by atoms with van der Waals surface area (Å²) >= 11 is 0. The molecule has 0 amide bonds. The van der Waals surface area contributed by atoms with Crippen LogP contribution in [0.5, 0.6) is 11.5 Å². The minimum atomic E-state index is -0.109. The summed E-state index contributed by atoms with van der Waals surface area (Å²) in [7, 11) is 0. The van der Waals surface area contributed by atoms with Crippen LogP contribution >= 0.6 is 0 Å². The van der Waals surface area contributed by atoms with Crippen molar-refractivity contribution in [3.8, 4) is 11.5 Å². The van der Waals surface area contributed by atoms with E-state index in [-0.39, 0.29) is 5.60 Å². The van der Waals surface area contributed by atoms with Gasteiger partial charge in [0.15, 0.2) is 11.5 Å². The Kier molecular flexibility index (Phi) is 5.51. The maximum Gasteiger partial charge on any atom is 0.165 e. The molecule has 1 heterocycles. The van der Waals surface area contributed by atoms with Crippen LogP contribution in [0.4, 0.5) is 0 Å². The number of hydrogen-bond donors (Lipinski definition) is 1. The number of fused-ring (bicyclic) bond motifs is 1. The minimum Gasteiger partial charge on any atom is -0.490 e. The van der Waals surface area contributed by atoms with E-state index in [0.29, 0.717) is 5.92 Å². The van der Waals surface area contributed by atoms with E-state index in [9.17, 15) is 0 Å². The van der Waals surface area contributed by atoms with Crippen molar-refractivity contribution in [3.05, 3.63) is 23.8 Å². The van der Waals surface area contributed by atoms with Crippen molar-refractivity contribution in [2.24, 2.45) is 5.92 Å². The molecule has 2 rings (SSSR count). The summed E-state index contributed by atoms with van der Waals surface area (Å²) in [6, 6.07) is 6.20. The number of rotatable bonds is 8. The van der Waals surface area contributed by atoms with Gasteiger partial charge < -0.3 is 14.8 Å². The van der Waals surface area contributed by atoms with Crippen molar-refractivity contribution in [1.29, 1.82) is 0 Å². The van der Waals surface area contributed by atoms with Crippen LogP contribution < -0.4 is 14.8 Å². The zero-order chi connectivity index (χ0) is 15.3. The van der Waals surface area contributed by atoms with Gasteiger partial charge in [-0.05, 0) is 51.8 Å². The predicted molar refractivity (Wildman–Crippen MR) is 87.3 cm³/mol. The van der Waals surface area contributed by atoms with Crippen LogP contribution in [-0.4, -0.2) is 25.3 Å². The van der Waals surface area contributed by atoms with Gasteiger partial charge in [-0.25, -0.2) is 0 Å². The van der Waals surface area contributed by atoms with E-state index < -0.39 is 0 Å². The molecule has 1 aliphatic heterocycles. The van der Waals surface area contributed by atoms with E-state index in [1.807, 2.05) is 6.07 Å². The van der Waals surface area contributed by atoms with Crippen LogP contribution in [-0.2, 0) is 6.42 Å². The predicted octanol–water partition coefficient (Wildman–Crippen LogP) is 3.80. The van der Waals surface area contributed by atoms with Crippen LogP contribution in [0, 0.1) is 5.92 Å². The third kappa shape index (κ3) is 4.92. The molecule has 0 unspecified atom stereocenters. The van der Waals surface area contributed by atoms with Crippen LogP contribution in [0.2, 0.25) is 0 Å². The Balaban J connectivity index is 1.72. The number of para-hydroxylation sites is 1. The molecule has 118 valence electrons.